The van der Waals surface area contributed by atoms with E-state index < -0.39 is 5.91 Å². The first-order chi connectivity index (χ1) is 13.8. The van der Waals surface area contributed by atoms with E-state index in [2.05, 4.69) is 0 Å². The van der Waals surface area contributed by atoms with E-state index in [9.17, 15) is 9.59 Å². The largest absolute Gasteiger partial charge is 0.496 e. The van der Waals surface area contributed by atoms with Crippen LogP contribution in [-0.2, 0) is 4.79 Å². The van der Waals surface area contributed by atoms with Crippen LogP contribution in [0.4, 0.5) is 0 Å². The van der Waals surface area contributed by atoms with Gasteiger partial charge >= 0.3 is 0 Å². The van der Waals surface area contributed by atoms with Crippen LogP contribution in [0.2, 0.25) is 0 Å². The van der Waals surface area contributed by atoms with Crippen molar-refractivity contribution >= 4 is 11.8 Å². The molecule has 2 amide bonds. The lowest BCUT2D eigenvalue weighted by Crippen LogP contribution is -2.30. The summed E-state index contributed by atoms with van der Waals surface area (Å²) in [5, 5.41) is 0. The van der Waals surface area contributed by atoms with Crippen molar-refractivity contribution in [1.82, 2.24) is 4.90 Å². The van der Waals surface area contributed by atoms with Crippen LogP contribution in [0.5, 0.6) is 23.0 Å². The molecule has 156 valence electrons. The highest BCUT2D eigenvalue weighted by Crippen LogP contribution is 2.39. The normalized spacial score (nSPS) is 11.3. The summed E-state index contributed by atoms with van der Waals surface area (Å²) in [6.07, 6.45) is 0. The summed E-state index contributed by atoms with van der Waals surface area (Å²) in [5.74, 6) is 0.525. The van der Waals surface area contributed by atoms with Crippen LogP contribution in [0.25, 0.3) is 0 Å². The fourth-order valence-electron chi connectivity index (χ4n) is 2.89. The molecule has 0 bridgehead atoms. The molecular weight excluding hydrogens is 376 g/mol. The number of carbonyl (C=O) groups is 2. The molecule has 0 aliphatic carbocycles. The maximum Gasteiger partial charge on any atom is 0.255 e. The number of hydrogen-bond donors (Lipinski definition) is 1. The van der Waals surface area contributed by atoms with Crippen molar-refractivity contribution in [3.63, 3.8) is 0 Å². The predicted octanol–water partition coefficient (Wildman–Crippen LogP) is 2.41. The summed E-state index contributed by atoms with van der Waals surface area (Å²) in [7, 11) is 6.16. The monoisotopic (exact) mass is 402 g/mol. The molecule has 0 saturated carbocycles. The highest BCUT2D eigenvalue weighted by Gasteiger charge is 2.24. The maximum atomic E-state index is 13.1. The Balaban J connectivity index is 2.37. The lowest BCUT2D eigenvalue weighted by atomic mass is 10.0. The highest BCUT2D eigenvalue weighted by atomic mass is 16.5. The number of primary amides is 1. The molecule has 1 atom stereocenters. The smallest absolute Gasteiger partial charge is 0.255 e. The van der Waals surface area contributed by atoms with Crippen molar-refractivity contribution in [3.8, 4) is 23.0 Å². The van der Waals surface area contributed by atoms with Gasteiger partial charge in [-0.25, -0.2) is 0 Å². The zero-order valence-electron chi connectivity index (χ0n) is 17.2. The van der Waals surface area contributed by atoms with Crippen LogP contribution >= 0.6 is 0 Å². The van der Waals surface area contributed by atoms with E-state index in [0.717, 1.165) is 5.56 Å². The molecule has 2 N–H and O–H groups in total. The molecule has 0 saturated heterocycles. The molecule has 0 heterocycles. The number of carbonyl (C=O) groups excluding carboxylic acids is 2. The number of ether oxygens (including phenoxy) is 4. The van der Waals surface area contributed by atoms with Crippen molar-refractivity contribution in [2.75, 3.05) is 35.0 Å². The van der Waals surface area contributed by atoms with E-state index in [1.807, 2.05) is 31.2 Å². The second-order valence-electron chi connectivity index (χ2n) is 6.30. The van der Waals surface area contributed by atoms with Crippen molar-refractivity contribution in [1.29, 1.82) is 0 Å². The highest BCUT2D eigenvalue weighted by molar-refractivity contribution is 5.96. The van der Waals surface area contributed by atoms with Crippen LogP contribution < -0.4 is 24.7 Å². The van der Waals surface area contributed by atoms with Crippen LogP contribution in [0.3, 0.4) is 0 Å². The van der Waals surface area contributed by atoms with Gasteiger partial charge in [-0.2, -0.15) is 0 Å². The summed E-state index contributed by atoms with van der Waals surface area (Å²) >= 11 is 0. The van der Waals surface area contributed by atoms with Crippen LogP contribution in [0, 0.1) is 0 Å². The quantitative estimate of drug-likeness (QED) is 0.691. The molecule has 0 aliphatic heterocycles. The molecule has 2 rings (SSSR count). The first-order valence-corrected chi connectivity index (χ1v) is 8.91. The third kappa shape index (κ3) is 4.90. The van der Waals surface area contributed by atoms with Gasteiger partial charge < -0.3 is 29.6 Å². The average molecular weight is 402 g/mol. The van der Waals surface area contributed by atoms with Crippen LogP contribution in [0.15, 0.2) is 36.4 Å². The first-order valence-electron chi connectivity index (χ1n) is 8.91. The molecular formula is C21H26N2O6. The van der Waals surface area contributed by atoms with Gasteiger partial charge in [0.1, 0.15) is 5.75 Å². The number of nitrogens with zero attached hydrogens (tertiary/aromatic N) is 1. The second kappa shape index (κ2) is 9.68. The second-order valence-corrected chi connectivity index (χ2v) is 6.30. The SMILES string of the molecule is COc1ccccc1C(C)N(C)C(=O)c1cc(OC)c(OCC(N)=O)c(OC)c1. The van der Waals surface area contributed by atoms with E-state index in [1.165, 1.54) is 26.4 Å². The molecule has 0 aromatic heterocycles. The first kappa shape index (κ1) is 21.9. The van der Waals surface area contributed by atoms with Gasteiger partial charge in [-0.05, 0) is 25.1 Å². The predicted molar refractivity (Wildman–Crippen MR) is 108 cm³/mol. The topological polar surface area (TPSA) is 100 Å². The Morgan fingerprint density at radius 2 is 1.55 bits per heavy atom. The van der Waals surface area contributed by atoms with Gasteiger partial charge in [0.25, 0.3) is 11.8 Å². The molecule has 0 fully saturated rings. The van der Waals surface area contributed by atoms with Crippen LogP contribution in [0.1, 0.15) is 28.9 Å². The van der Waals surface area contributed by atoms with E-state index in [0.29, 0.717) is 11.3 Å². The van der Waals surface area contributed by atoms with Gasteiger partial charge in [-0.3, -0.25) is 9.59 Å². The molecule has 2 aromatic carbocycles. The molecule has 0 aliphatic rings. The zero-order valence-corrected chi connectivity index (χ0v) is 17.2. The Morgan fingerprint density at radius 1 is 1.00 bits per heavy atom. The number of amides is 2. The molecule has 0 radical (unpaired) electrons. The summed E-state index contributed by atoms with van der Waals surface area (Å²) in [5.41, 5.74) is 6.36. The van der Waals surface area contributed by atoms with Gasteiger partial charge in [0.2, 0.25) is 5.75 Å². The summed E-state index contributed by atoms with van der Waals surface area (Å²) in [6.45, 7) is 1.57. The Labute approximate surface area is 170 Å². The Morgan fingerprint density at radius 3 is 2.07 bits per heavy atom. The minimum Gasteiger partial charge on any atom is -0.496 e. The lowest BCUT2D eigenvalue weighted by Gasteiger charge is -2.27. The van der Waals surface area contributed by atoms with E-state index in [4.69, 9.17) is 24.7 Å². The minimum absolute atomic E-state index is 0.200. The Kier molecular flexibility index (Phi) is 7.30. The van der Waals surface area contributed by atoms with Gasteiger partial charge in [0.05, 0.1) is 27.4 Å². The van der Waals surface area contributed by atoms with Crippen molar-refractivity contribution in [2.24, 2.45) is 5.73 Å². The van der Waals surface area contributed by atoms with E-state index in [-0.39, 0.29) is 35.8 Å². The third-order valence-corrected chi connectivity index (χ3v) is 4.56. The molecule has 8 heteroatoms. The van der Waals surface area contributed by atoms with Crippen molar-refractivity contribution in [3.05, 3.63) is 47.5 Å². The fourth-order valence-corrected chi connectivity index (χ4v) is 2.89. The average Bonchev–Trinajstić information content (AvgIpc) is 2.75. The molecule has 0 spiro atoms. The Hall–Kier alpha value is -3.42. The summed E-state index contributed by atoms with van der Waals surface area (Å²) < 4.78 is 21.4. The Bertz CT molecular complexity index is 858. The number of benzene rings is 2. The number of hydrogen-bond acceptors (Lipinski definition) is 6. The van der Waals surface area contributed by atoms with E-state index in [1.54, 1.807) is 19.1 Å². The third-order valence-electron chi connectivity index (χ3n) is 4.56. The fraction of sp³-hybridized carbons (Fsp3) is 0.333. The van der Waals surface area contributed by atoms with Gasteiger partial charge in [-0.15, -0.1) is 0 Å². The van der Waals surface area contributed by atoms with Gasteiger partial charge in [0.15, 0.2) is 18.1 Å². The van der Waals surface area contributed by atoms with Crippen molar-refractivity contribution < 1.29 is 28.5 Å². The standard InChI is InChI=1S/C21H26N2O6/c1-13(15-8-6-7-9-16(15)26-3)23(2)21(25)14-10-17(27-4)20(18(11-14)28-5)29-12-19(22)24/h6-11,13H,12H2,1-5H3,(H2,22,24). The molecule has 2 aromatic rings. The molecule has 29 heavy (non-hydrogen) atoms. The van der Waals surface area contributed by atoms with E-state index >= 15 is 0 Å². The minimum atomic E-state index is -0.639. The number of rotatable bonds is 9. The summed E-state index contributed by atoms with van der Waals surface area (Å²) in [4.78, 5) is 25.8. The molecule has 1 unspecified atom stereocenters. The zero-order chi connectivity index (χ0) is 21.6. The number of methoxy groups -OCH3 is 3. The van der Waals surface area contributed by atoms with Crippen LogP contribution in [-0.4, -0.2) is 51.7 Å². The lowest BCUT2D eigenvalue weighted by molar-refractivity contribution is -0.120. The maximum absolute atomic E-state index is 13.1. The van der Waals surface area contributed by atoms with Gasteiger partial charge in [0, 0.05) is 18.2 Å². The van der Waals surface area contributed by atoms with Gasteiger partial charge in [-0.1, -0.05) is 18.2 Å². The van der Waals surface area contributed by atoms with Crippen molar-refractivity contribution in [2.45, 2.75) is 13.0 Å². The molecule has 8 nitrogen and oxygen atoms in total. The summed E-state index contributed by atoms with van der Waals surface area (Å²) in [6, 6.07) is 10.3. The number of para-hydroxylation sites is 1. The number of nitrogens with two attached hydrogens (primary N) is 1.